The molecule has 7 heteroatoms. The summed E-state index contributed by atoms with van der Waals surface area (Å²) in [5.74, 6) is -0.382. The molecule has 0 fully saturated rings. The topological polar surface area (TPSA) is 63.0 Å². The van der Waals surface area contributed by atoms with Crippen molar-refractivity contribution in [2.24, 2.45) is 0 Å². The highest BCUT2D eigenvalue weighted by Gasteiger charge is 2.12. The van der Waals surface area contributed by atoms with E-state index in [4.69, 9.17) is 4.42 Å². The van der Waals surface area contributed by atoms with E-state index < -0.39 is 11.6 Å². The molecule has 2 heterocycles. The SMILES string of the molecule is CCNc1nc(NCc2nc(C)c(C)o2)c(F)cc1F. The van der Waals surface area contributed by atoms with Gasteiger partial charge in [-0.3, -0.25) is 0 Å². The van der Waals surface area contributed by atoms with Crippen LogP contribution in [0.2, 0.25) is 0 Å². The highest BCUT2D eigenvalue weighted by molar-refractivity contribution is 5.47. The summed E-state index contributed by atoms with van der Waals surface area (Å²) < 4.78 is 32.4. The van der Waals surface area contributed by atoms with E-state index in [1.54, 1.807) is 13.8 Å². The van der Waals surface area contributed by atoms with E-state index in [-0.39, 0.29) is 18.2 Å². The molecule has 2 rings (SSSR count). The Labute approximate surface area is 115 Å². The maximum absolute atomic E-state index is 13.6. The average molecular weight is 282 g/mol. The Morgan fingerprint density at radius 1 is 1.10 bits per heavy atom. The van der Waals surface area contributed by atoms with Gasteiger partial charge in [-0.05, 0) is 20.8 Å². The molecule has 0 amide bonds. The number of anilines is 2. The summed E-state index contributed by atoms with van der Waals surface area (Å²) in [6, 6.07) is 0.791. The molecule has 108 valence electrons. The summed E-state index contributed by atoms with van der Waals surface area (Å²) in [5, 5.41) is 5.47. The molecule has 0 bridgehead atoms. The smallest absolute Gasteiger partial charge is 0.213 e. The summed E-state index contributed by atoms with van der Waals surface area (Å²) in [4.78, 5) is 8.03. The van der Waals surface area contributed by atoms with Crippen LogP contribution in [-0.2, 0) is 6.54 Å². The predicted molar refractivity (Wildman–Crippen MR) is 71.6 cm³/mol. The number of hydrogen-bond donors (Lipinski definition) is 2. The van der Waals surface area contributed by atoms with Crippen LogP contribution in [0, 0.1) is 25.5 Å². The zero-order valence-electron chi connectivity index (χ0n) is 11.6. The molecule has 2 aromatic rings. The average Bonchev–Trinajstić information content (AvgIpc) is 2.71. The van der Waals surface area contributed by atoms with Crippen LogP contribution in [0.1, 0.15) is 24.3 Å². The van der Waals surface area contributed by atoms with Crippen molar-refractivity contribution in [2.45, 2.75) is 27.3 Å². The predicted octanol–water partition coefficient (Wildman–Crippen LogP) is 3.01. The molecule has 2 aromatic heterocycles. The highest BCUT2D eigenvalue weighted by atomic mass is 19.1. The van der Waals surface area contributed by atoms with Gasteiger partial charge in [0.25, 0.3) is 0 Å². The van der Waals surface area contributed by atoms with Crippen LogP contribution in [0.25, 0.3) is 0 Å². The van der Waals surface area contributed by atoms with E-state index in [2.05, 4.69) is 20.6 Å². The third kappa shape index (κ3) is 3.04. The Kier molecular flexibility index (Phi) is 4.16. The minimum absolute atomic E-state index is 0.0103. The van der Waals surface area contributed by atoms with Gasteiger partial charge in [-0.2, -0.15) is 0 Å². The first-order valence-electron chi connectivity index (χ1n) is 6.28. The van der Waals surface area contributed by atoms with Gasteiger partial charge in [-0.15, -0.1) is 0 Å². The number of hydrogen-bond acceptors (Lipinski definition) is 5. The number of halogens is 2. The summed E-state index contributed by atoms with van der Waals surface area (Å²) in [7, 11) is 0. The fourth-order valence-corrected chi connectivity index (χ4v) is 1.66. The van der Waals surface area contributed by atoms with E-state index in [1.165, 1.54) is 0 Å². The minimum atomic E-state index is -0.760. The Balaban J connectivity index is 2.14. The fraction of sp³-hybridized carbons (Fsp3) is 0.385. The van der Waals surface area contributed by atoms with E-state index in [0.717, 1.165) is 11.8 Å². The second kappa shape index (κ2) is 5.85. The molecule has 2 N–H and O–H groups in total. The molecule has 0 aliphatic heterocycles. The van der Waals surface area contributed by atoms with Crippen molar-refractivity contribution in [3.05, 3.63) is 35.0 Å². The normalized spacial score (nSPS) is 10.7. The first-order chi connectivity index (χ1) is 9.51. The van der Waals surface area contributed by atoms with Crippen LogP contribution in [0.5, 0.6) is 0 Å². The van der Waals surface area contributed by atoms with Gasteiger partial charge in [0.1, 0.15) is 5.76 Å². The monoisotopic (exact) mass is 282 g/mol. The van der Waals surface area contributed by atoms with Crippen LogP contribution < -0.4 is 10.6 Å². The van der Waals surface area contributed by atoms with Crippen LogP contribution in [0.4, 0.5) is 20.4 Å². The zero-order valence-corrected chi connectivity index (χ0v) is 11.6. The number of oxazole rings is 1. The first kappa shape index (κ1) is 14.2. The van der Waals surface area contributed by atoms with Gasteiger partial charge in [-0.25, -0.2) is 18.7 Å². The second-order valence-electron chi connectivity index (χ2n) is 4.28. The lowest BCUT2D eigenvalue weighted by molar-refractivity contribution is 0.477. The van der Waals surface area contributed by atoms with Gasteiger partial charge < -0.3 is 15.1 Å². The van der Waals surface area contributed by atoms with Crippen molar-refractivity contribution in [1.82, 2.24) is 9.97 Å². The van der Waals surface area contributed by atoms with Crippen molar-refractivity contribution < 1.29 is 13.2 Å². The molecular weight excluding hydrogens is 266 g/mol. The van der Waals surface area contributed by atoms with E-state index in [0.29, 0.717) is 18.2 Å². The Morgan fingerprint density at radius 2 is 1.75 bits per heavy atom. The van der Waals surface area contributed by atoms with Crippen molar-refractivity contribution in [2.75, 3.05) is 17.2 Å². The van der Waals surface area contributed by atoms with Crippen LogP contribution in [0.15, 0.2) is 10.5 Å². The number of aromatic nitrogens is 2. The number of nitrogens with zero attached hydrogens (tertiary/aromatic N) is 2. The zero-order chi connectivity index (χ0) is 14.7. The quantitative estimate of drug-likeness (QED) is 0.882. The van der Waals surface area contributed by atoms with Crippen LogP contribution >= 0.6 is 0 Å². The maximum Gasteiger partial charge on any atom is 0.213 e. The molecular formula is C13H16F2N4O. The van der Waals surface area contributed by atoms with E-state index in [9.17, 15) is 8.78 Å². The maximum atomic E-state index is 13.6. The van der Waals surface area contributed by atoms with Gasteiger partial charge in [0.2, 0.25) is 5.89 Å². The van der Waals surface area contributed by atoms with Crippen LogP contribution in [0.3, 0.4) is 0 Å². The lowest BCUT2D eigenvalue weighted by atomic mass is 10.4. The summed E-state index contributed by atoms with van der Waals surface area (Å²) in [6.45, 7) is 6.09. The highest BCUT2D eigenvalue weighted by Crippen LogP contribution is 2.19. The van der Waals surface area contributed by atoms with E-state index >= 15 is 0 Å². The molecule has 5 nitrogen and oxygen atoms in total. The van der Waals surface area contributed by atoms with Crippen molar-refractivity contribution in [3.8, 4) is 0 Å². The molecule has 0 saturated carbocycles. The lowest BCUT2D eigenvalue weighted by Gasteiger charge is -2.09. The second-order valence-corrected chi connectivity index (χ2v) is 4.28. The standard InChI is InChI=1S/C13H16F2N4O/c1-4-16-12-9(14)5-10(15)13(19-12)17-6-11-18-7(2)8(3)20-11/h5H,4,6H2,1-3H3,(H2,16,17,19). The molecule has 0 radical (unpaired) electrons. The molecule has 20 heavy (non-hydrogen) atoms. The van der Waals surface area contributed by atoms with Gasteiger partial charge in [-0.1, -0.05) is 0 Å². The molecule has 0 aromatic carbocycles. The fourth-order valence-electron chi connectivity index (χ4n) is 1.66. The van der Waals surface area contributed by atoms with Crippen LogP contribution in [-0.4, -0.2) is 16.5 Å². The molecule has 0 unspecified atom stereocenters. The molecule has 0 aliphatic carbocycles. The third-order valence-corrected chi connectivity index (χ3v) is 2.75. The molecule has 0 spiro atoms. The number of pyridine rings is 1. The molecule has 0 aliphatic rings. The molecule has 0 atom stereocenters. The third-order valence-electron chi connectivity index (χ3n) is 2.75. The number of aryl methyl sites for hydroxylation is 2. The van der Waals surface area contributed by atoms with Crippen molar-refractivity contribution in [3.63, 3.8) is 0 Å². The van der Waals surface area contributed by atoms with Crippen molar-refractivity contribution in [1.29, 1.82) is 0 Å². The van der Waals surface area contributed by atoms with E-state index in [1.807, 2.05) is 6.92 Å². The number of rotatable bonds is 5. The van der Waals surface area contributed by atoms with Crippen molar-refractivity contribution >= 4 is 11.6 Å². The Morgan fingerprint density at radius 3 is 2.30 bits per heavy atom. The Hall–Kier alpha value is -2.18. The molecule has 0 saturated heterocycles. The first-order valence-corrected chi connectivity index (χ1v) is 6.28. The van der Waals surface area contributed by atoms with Gasteiger partial charge in [0.15, 0.2) is 23.3 Å². The summed E-state index contributed by atoms with van der Waals surface area (Å²) in [5.41, 5.74) is 0.780. The largest absolute Gasteiger partial charge is 0.444 e. The lowest BCUT2D eigenvalue weighted by Crippen LogP contribution is -2.09. The van der Waals surface area contributed by atoms with Gasteiger partial charge in [0.05, 0.1) is 12.2 Å². The number of nitrogens with one attached hydrogen (secondary N) is 2. The Bertz CT molecular complexity index is 593. The summed E-state index contributed by atoms with van der Waals surface area (Å²) in [6.07, 6.45) is 0. The van der Waals surface area contributed by atoms with Gasteiger partial charge in [0, 0.05) is 12.6 Å². The van der Waals surface area contributed by atoms with Gasteiger partial charge >= 0.3 is 0 Å². The minimum Gasteiger partial charge on any atom is -0.444 e. The summed E-state index contributed by atoms with van der Waals surface area (Å²) >= 11 is 0.